The van der Waals surface area contributed by atoms with E-state index in [-0.39, 0.29) is 11.8 Å². The summed E-state index contributed by atoms with van der Waals surface area (Å²) in [7, 11) is 0. The lowest BCUT2D eigenvalue weighted by atomic mass is 9.78. The Bertz CT molecular complexity index is 1230. The maximum absolute atomic E-state index is 12.3. The summed E-state index contributed by atoms with van der Waals surface area (Å²) in [6.45, 7) is 0. The minimum atomic E-state index is -1.000. The van der Waals surface area contributed by atoms with E-state index in [2.05, 4.69) is 47.2 Å². The van der Waals surface area contributed by atoms with E-state index in [0.717, 1.165) is 38.2 Å². The van der Waals surface area contributed by atoms with Gasteiger partial charge in [0.15, 0.2) is 0 Å². The summed E-state index contributed by atoms with van der Waals surface area (Å²) in [6, 6.07) is 13.6. The molecule has 0 saturated heterocycles. The largest absolute Gasteiger partial charge is 0.346 e. The van der Waals surface area contributed by atoms with Crippen LogP contribution in [0.5, 0.6) is 0 Å². The highest BCUT2D eigenvalue weighted by Gasteiger charge is 2.36. The van der Waals surface area contributed by atoms with Crippen LogP contribution >= 0.6 is 15.9 Å². The molecule has 2 atom stereocenters. The van der Waals surface area contributed by atoms with Crippen molar-refractivity contribution in [2.45, 2.75) is 17.9 Å². The van der Waals surface area contributed by atoms with Crippen LogP contribution in [-0.2, 0) is 10.3 Å². The van der Waals surface area contributed by atoms with E-state index in [1.54, 1.807) is 24.9 Å². The molecule has 1 aliphatic heterocycles. The Kier molecular flexibility index (Phi) is 4.88. The number of nitrogens with one attached hydrogen (secondary N) is 2. The van der Waals surface area contributed by atoms with Crippen LogP contribution in [0, 0.1) is 0 Å². The lowest BCUT2D eigenvalue weighted by Crippen LogP contribution is -2.40. The van der Waals surface area contributed by atoms with Crippen molar-refractivity contribution in [1.29, 1.82) is 0 Å². The summed E-state index contributed by atoms with van der Waals surface area (Å²) in [6.07, 6.45) is 8.98. The minimum absolute atomic E-state index is 0.0150. The number of carbonyl (C=O) groups excluding carboxylic acids is 1. The second kappa shape index (κ2) is 7.72. The lowest BCUT2D eigenvalue weighted by Gasteiger charge is -2.32. The van der Waals surface area contributed by atoms with Crippen LogP contribution in [0.3, 0.4) is 0 Å². The van der Waals surface area contributed by atoms with Crippen LogP contribution in [0.2, 0.25) is 0 Å². The van der Waals surface area contributed by atoms with Crippen molar-refractivity contribution >= 4 is 27.5 Å². The Morgan fingerprint density at radius 3 is 2.65 bits per heavy atom. The number of fused-ring (bicyclic) bond motifs is 1. The van der Waals surface area contributed by atoms with Crippen molar-refractivity contribution in [2.24, 2.45) is 5.73 Å². The average Bonchev–Trinajstić information content (AvgIpc) is 3.34. The molecule has 2 unspecified atom stereocenters. The van der Waals surface area contributed by atoms with Gasteiger partial charge in [-0.2, -0.15) is 0 Å². The minimum Gasteiger partial charge on any atom is -0.346 e. The zero-order valence-electron chi connectivity index (χ0n) is 16.4. The fourth-order valence-electron chi connectivity index (χ4n) is 4.14. The molecule has 0 fully saturated rings. The first-order valence-electron chi connectivity index (χ1n) is 9.79. The summed E-state index contributed by atoms with van der Waals surface area (Å²) in [5.74, 6) is -0.120. The number of benzene rings is 1. The highest BCUT2D eigenvalue weighted by atomic mass is 79.9. The van der Waals surface area contributed by atoms with Gasteiger partial charge in [-0.1, -0.05) is 24.3 Å². The van der Waals surface area contributed by atoms with E-state index in [0.29, 0.717) is 6.42 Å². The summed E-state index contributed by atoms with van der Waals surface area (Å²) in [5, 5.41) is 2.98. The summed E-state index contributed by atoms with van der Waals surface area (Å²) in [4.78, 5) is 28.3. The zero-order chi connectivity index (χ0) is 21.4. The maximum atomic E-state index is 12.3. The number of halogens is 1. The van der Waals surface area contributed by atoms with Crippen molar-refractivity contribution in [3.8, 4) is 0 Å². The first-order chi connectivity index (χ1) is 15.1. The smallest absolute Gasteiger partial charge is 0.225 e. The quantitative estimate of drug-likeness (QED) is 0.390. The zero-order valence-corrected chi connectivity index (χ0v) is 18.0. The lowest BCUT2D eigenvalue weighted by molar-refractivity contribution is -0.116. The van der Waals surface area contributed by atoms with Crippen LogP contribution in [0.1, 0.15) is 40.3 Å². The fourth-order valence-corrected chi connectivity index (χ4v) is 4.38. The molecule has 1 aliphatic rings. The number of amides is 1. The number of carbonyl (C=O) groups is 1. The predicted octanol–water partition coefficient (Wildman–Crippen LogP) is 3.69. The first-order valence-corrected chi connectivity index (χ1v) is 10.6. The Labute approximate surface area is 187 Å². The molecule has 154 valence electrons. The van der Waals surface area contributed by atoms with E-state index < -0.39 is 5.54 Å². The van der Waals surface area contributed by atoms with Gasteiger partial charge in [0.1, 0.15) is 10.1 Å². The number of anilines is 1. The van der Waals surface area contributed by atoms with Gasteiger partial charge in [-0.25, -0.2) is 9.97 Å². The van der Waals surface area contributed by atoms with Crippen LogP contribution < -0.4 is 11.1 Å². The molecule has 0 bridgehead atoms. The third-order valence-corrected chi connectivity index (χ3v) is 6.21. The molecule has 31 heavy (non-hydrogen) atoms. The number of H-pyrrole nitrogens is 1. The molecule has 5 rings (SSSR count). The predicted molar refractivity (Wildman–Crippen MR) is 120 cm³/mol. The van der Waals surface area contributed by atoms with Gasteiger partial charge in [0, 0.05) is 42.2 Å². The topological polar surface area (TPSA) is 110 Å². The van der Waals surface area contributed by atoms with Crippen molar-refractivity contribution in [2.75, 3.05) is 5.32 Å². The van der Waals surface area contributed by atoms with Crippen molar-refractivity contribution in [3.05, 3.63) is 106 Å². The van der Waals surface area contributed by atoms with Gasteiger partial charge in [-0.15, -0.1) is 0 Å². The van der Waals surface area contributed by atoms with E-state index in [9.17, 15) is 4.79 Å². The molecular weight excluding hydrogens is 456 g/mol. The van der Waals surface area contributed by atoms with Crippen molar-refractivity contribution < 1.29 is 4.79 Å². The summed E-state index contributed by atoms with van der Waals surface area (Å²) in [5.41, 5.74) is 11.3. The van der Waals surface area contributed by atoms with Gasteiger partial charge in [0.2, 0.25) is 5.91 Å². The number of imidazole rings is 1. The molecule has 3 aromatic heterocycles. The molecular formula is C23H19BrN6O. The number of aromatic amines is 1. The molecule has 1 amide bonds. The SMILES string of the molecule is NC(c1ccc(Br)nc1)(c1ccc2c(c1)C(c1cccnc1)CC(=O)N2)c1cnc[nH]1. The van der Waals surface area contributed by atoms with Gasteiger partial charge in [-0.3, -0.25) is 9.78 Å². The molecule has 0 radical (unpaired) electrons. The number of pyridine rings is 2. The van der Waals surface area contributed by atoms with Gasteiger partial charge < -0.3 is 16.0 Å². The maximum Gasteiger partial charge on any atom is 0.225 e. The molecule has 0 aliphatic carbocycles. The highest BCUT2D eigenvalue weighted by molar-refractivity contribution is 9.10. The van der Waals surface area contributed by atoms with E-state index in [4.69, 9.17) is 5.73 Å². The second-order valence-electron chi connectivity index (χ2n) is 7.54. The van der Waals surface area contributed by atoms with Gasteiger partial charge in [0.25, 0.3) is 0 Å². The molecule has 4 heterocycles. The number of aromatic nitrogens is 4. The van der Waals surface area contributed by atoms with Crippen molar-refractivity contribution in [1.82, 2.24) is 19.9 Å². The number of nitrogens with zero attached hydrogens (tertiary/aromatic N) is 3. The number of hydrogen-bond donors (Lipinski definition) is 3. The van der Waals surface area contributed by atoms with E-state index in [1.165, 1.54) is 0 Å². The van der Waals surface area contributed by atoms with E-state index in [1.807, 2.05) is 42.6 Å². The molecule has 7 nitrogen and oxygen atoms in total. The third-order valence-electron chi connectivity index (χ3n) is 5.74. The average molecular weight is 475 g/mol. The molecule has 8 heteroatoms. The fraction of sp³-hybridized carbons (Fsp3) is 0.130. The molecule has 0 spiro atoms. The van der Waals surface area contributed by atoms with E-state index >= 15 is 0 Å². The number of rotatable bonds is 4. The van der Waals surface area contributed by atoms with Crippen molar-refractivity contribution in [3.63, 3.8) is 0 Å². The monoisotopic (exact) mass is 474 g/mol. The van der Waals surface area contributed by atoms with Crippen LogP contribution in [0.15, 0.2) is 78.2 Å². The van der Waals surface area contributed by atoms with Crippen LogP contribution in [0.25, 0.3) is 0 Å². The molecule has 4 N–H and O–H groups in total. The Balaban J connectivity index is 1.69. The molecule has 0 saturated carbocycles. The van der Waals surface area contributed by atoms with Gasteiger partial charge in [0.05, 0.1) is 18.2 Å². The summed E-state index contributed by atoms with van der Waals surface area (Å²) >= 11 is 3.39. The Morgan fingerprint density at radius 2 is 1.94 bits per heavy atom. The number of nitrogens with two attached hydrogens (primary N) is 1. The molecule has 4 aromatic rings. The van der Waals surface area contributed by atoms with Gasteiger partial charge >= 0.3 is 0 Å². The first kappa shape index (κ1) is 19.6. The third kappa shape index (κ3) is 3.43. The van der Waals surface area contributed by atoms with Gasteiger partial charge in [-0.05, 0) is 50.8 Å². The molecule has 1 aromatic carbocycles. The summed E-state index contributed by atoms with van der Waals surface area (Å²) < 4.78 is 0.730. The standard InChI is InChI=1S/C23H19BrN6O/c24-21-6-4-16(11-28-21)23(25,20-12-27-13-29-20)15-3-5-19-18(8-15)17(9-22(31)30-19)14-2-1-7-26-10-14/h1-8,10-13,17H,9,25H2,(H,27,29)(H,30,31). The Morgan fingerprint density at radius 1 is 1.06 bits per heavy atom. The normalized spacial score (nSPS) is 17.5. The Hall–Kier alpha value is -3.36. The second-order valence-corrected chi connectivity index (χ2v) is 8.35. The highest BCUT2D eigenvalue weighted by Crippen LogP contribution is 2.41. The van der Waals surface area contributed by atoms with Crippen LogP contribution in [0.4, 0.5) is 5.69 Å². The number of hydrogen-bond acceptors (Lipinski definition) is 5. The van der Waals surface area contributed by atoms with Crippen LogP contribution in [-0.4, -0.2) is 25.8 Å².